The fourth-order valence-electron chi connectivity index (χ4n) is 2.74. The van der Waals surface area contributed by atoms with Crippen LogP contribution in [0.3, 0.4) is 0 Å². The highest BCUT2D eigenvalue weighted by molar-refractivity contribution is 5.94. The summed E-state index contributed by atoms with van der Waals surface area (Å²) in [6.07, 6.45) is -3.06. The van der Waals surface area contributed by atoms with Crippen LogP contribution in [0.2, 0.25) is 0 Å². The third-order valence-electron chi connectivity index (χ3n) is 4.24. The van der Waals surface area contributed by atoms with Gasteiger partial charge in [0.1, 0.15) is 0 Å². The third-order valence-corrected chi connectivity index (χ3v) is 4.24. The number of hydrogen-bond donors (Lipinski definition) is 1. The first-order valence-electron chi connectivity index (χ1n) is 7.38. The van der Waals surface area contributed by atoms with Gasteiger partial charge >= 0.3 is 6.18 Å². The fraction of sp³-hybridized carbons (Fsp3) is 0.562. The Morgan fingerprint density at radius 2 is 1.96 bits per heavy atom. The number of ether oxygens (including phenoxy) is 1. The van der Waals surface area contributed by atoms with Crippen LogP contribution in [0.1, 0.15) is 35.7 Å². The second-order valence-electron chi connectivity index (χ2n) is 5.90. The van der Waals surface area contributed by atoms with Crippen molar-refractivity contribution in [1.82, 2.24) is 4.90 Å². The number of benzene rings is 1. The molecule has 1 heterocycles. The molecule has 1 aromatic rings. The lowest BCUT2D eigenvalue weighted by molar-refractivity contribution is -0.258. The van der Waals surface area contributed by atoms with Crippen LogP contribution in [0.25, 0.3) is 0 Å². The van der Waals surface area contributed by atoms with Crippen molar-refractivity contribution in [2.45, 2.75) is 37.6 Å². The van der Waals surface area contributed by atoms with Gasteiger partial charge in [-0.05, 0) is 37.5 Å². The van der Waals surface area contributed by atoms with E-state index in [1.165, 1.54) is 12.1 Å². The van der Waals surface area contributed by atoms with Crippen LogP contribution in [-0.4, -0.2) is 48.4 Å². The van der Waals surface area contributed by atoms with Crippen LogP contribution in [0, 0.1) is 0 Å². The molecule has 2 atom stereocenters. The number of carbonyl (C=O) groups is 1. The van der Waals surface area contributed by atoms with Crippen LogP contribution in [0.4, 0.5) is 13.2 Å². The smallest absolute Gasteiger partial charge is 0.383 e. The SMILES string of the molecule is COCC1CCCN1C(=O)c1ccc(C(C)(O)C(F)(F)F)cc1. The summed E-state index contributed by atoms with van der Waals surface area (Å²) >= 11 is 0. The molecule has 1 fully saturated rings. The molecule has 0 spiro atoms. The molecule has 0 aliphatic carbocycles. The third kappa shape index (κ3) is 3.50. The zero-order valence-electron chi connectivity index (χ0n) is 13.1. The molecule has 7 heteroatoms. The first-order chi connectivity index (χ1) is 10.7. The number of aliphatic hydroxyl groups is 1. The van der Waals surface area contributed by atoms with Crippen molar-refractivity contribution in [1.29, 1.82) is 0 Å². The molecule has 1 aliphatic rings. The molecule has 4 nitrogen and oxygen atoms in total. The number of hydrogen-bond acceptors (Lipinski definition) is 3. The quantitative estimate of drug-likeness (QED) is 0.923. The van der Waals surface area contributed by atoms with Crippen molar-refractivity contribution in [3.05, 3.63) is 35.4 Å². The lowest BCUT2D eigenvalue weighted by Gasteiger charge is -2.27. The maximum absolute atomic E-state index is 12.8. The Hall–Kier alpha value is -1.60. The van der Waals surface area contributed by atoms with E-state index in [0.29, 0.717) is 25.6 Å². The lowest BCUT2D eigenvalue weighted by Crippen LogP contribution is -2.39. The Labute approximate surface area is 132 Å². The molecule has 1 amide bonds. The maximum Gasteiger partial charge on any atom is 0.421 e. The molecular weight excluding hydrogens is 311 g/mol. The minimum atomic E-state index is -4.78. The number of likely N-dealkylation sites (tertiary alicyclic amines) is 1. The molecule has 1 aliphatic heterocycles. The fourth-order valence-corrected chi connectivity index (χ4v) is 2.74. The van der Waals surface area contributed by atoms with Gasteiger partial charge in [-0.1, -0.05) is 12.1 Å². The summed E-state index contributed by atoms with van der Waals surface area (Å²) in [5, 5.41) is 9.64. The number of amides is 1. The normalized spacial score (nSPS) is 21.3. The number of halogens is 3. The Kier molecular flexibility index (Phi) is 5.01. The topological polar surface area (TPSA) is 49.8 Å². The monoisotopic (exact) mass is 331 g/mol. The van der Waals surface area contributed by atoms with Gasteiger partial charge in [0.25, 0.3) is 5.91 Å². The highest BCUT2D eigenvalue weighted by Gasteiger charge is 2.51. The summed E-state index contributed by atoms with van der Waals surface area (Å²) in [4.78, 5) is 14.2. The largest absolute Gasteiger partial charge is 0.421 e. The van der Waals surface area contributed by atoms with Gasteiger partial charge in [0, 0.05) is 19.2 Å². The van der Waals surface area contributed by atoms with E-state index in [0.717, 1.165) is 25.0 Å². The lowest BCUT2D eigenvalue weighted by atomic mass is 9.94. The number of rotatable bonds is 4. The molecule has 1 N–H and O–H groups in total. The van der Waals surface area contributed by atoms with Crippen molar-refractivity contribution >= 4 is 5.91 Å². The molecule has 0 radical (unpaired) electrons. The minimum absolute atomic E-state index is 0.00883. The molecule has 1 saturated heterocycles. The number of alkyl halides is 3. The predicted molar refractivity (Wildman–Crippen MR) is 78.0 cm³/mol. The van der Waals surface area contributed by atoms with Crippen molar-refractivity contribution in [3.8, 4) is 0 Å². The van der Waals surface area contributed by atoms with Gasteiger partial charge in [-0.2, -0.15) is 13.2 Å². The molecule has 1 aromatic carbocycles. The average molecular weight is 331 g/mol. The molecule has 0 saturated carbocycles. The van der Waals surface area contributed by atoms with Gasteiger partial charge in [-0.15, -0.1) is 0 Å². The molecule has 2 unspecified atom stereocenters. The highest BCUT2D eigenvalue weighted by Crippen LogP contribution is 2.38. The number of nitrogens with zero attached hydrogens (tertiary/aromatic N) is 1. The zero-order valence-corrected chi connectivity index (χ0v) is 13.1. The van der Waals surface area contributed by atoms with E-state index in [9.17, 15) is 23.1 Å². The van der Waals surface area contributed by atoms with Crippen molar-refractivity contribution in [2.75, 3.05) is 20.3 Å². The Bertz CT molecular complexity index is 555. The minimum Gasteiger partial charge on any atom is -0.383 e. The van der Waals surface area contributed by atoms with Crippen LogP contribution in [0.15, 0.2) is 24.3 Å². The van der Waals surface area contributed by atoms with E-state index in [1.807, 2.05) is 0 Å². The van der Waals surface area contributed by atoms with Gasteiger partial charge in [0.05, 0.1) is 12.6 Å². The van der Waals surface area contributed by atoms with Gasteiger partial charge < -0.3 is 14.7 Å². The summed E-state index contributed by atoms with van der Waals surface area (Å²) in [7, 11) is 1.56. The highest BCUT2D eigenvalue weighted by atomic mass is 19.4. The van der Waals surface area contributed by atoms with Gasteiger partial charge in [-0.25, -0.2) is 0 Å². The van der Waals surface area contributed by atoms with Crippen molar-refractivity contribution in [3.63, 3.8) is 0 Å². The summed E-state index contributed by atoms with van der Waals surface area (Å²) in [5.74, 6) is -0.234. The van der Waals surface area contributed by atoms with Gasteiger partial charge in [-0.3, -0.25) is 4.79 Å². The molecule has 2 rings (SSSR count). The number of carbonyl (C=O) groups excluding carboxylic acids is 1. The van der Waals surface area contributed by atoms with Crippen LogP contribution >= 0.6 is 0 Å². The molecule has 23 heavy (non-hydrogen) atoms. The molecule has 128 valence electrons. The van der Waals surface area contributed by atoms with E-state index < -0.39 is 11.8 Å². The molecule has 0 bridgehead atoms. The van der Waals surface area contributed by atoms with E-state index in [-0.39, 0.29) is 17.5 Å². The van der Waals surface area contributed by atoms with Crippen molar-refractivity contribution in [2.24, 2.45) is 0 Å². The summed E-state index contributed by atoms with van der Waals surface area (Å²) in [6, 6.07) is 4.91. The van der Waals surface area contributed by atoms with Crippen LogP contribution < -0.4 is 0 Å². The Morgan fingerprint density at radius 3 is 2.48 bits per heavy atom. The summed E-state index contributed by atoms with van der Waals surface area (Å²) < 4.78 is 43.6. The Balaban J connectivity index is 2.18. The van der Waals surface area contributed by atoms with Gasteiger partial charge in [0.2, 0.25) is 0 Å². The zero-order chi connectivity index (χ0) is 17.3. The van der Waals surface area contributed by atoms with Crippen LogP contribution in [0.5, 0.6) is 0 Å². The van der Waals surface area contributed by atoms with Crippen molar-refractivity contribution < 1.29 is 27.8 Å². The van der Waals surface area contributed by atoms with Crippen LogP contribution in [-0.2, 0) is 10.3 Å². The average Bonchev–Trinajstić information content (AvgIpc) is 2.94. The summed E-state index contributed by atoms with van der Waals surface area (Å²) in [5.41, 5.74) is -2.94. The van der Waals surface area contributed by atoms with E-state index in [4.69, 9.17) is 4.74 Å². The Morgan fingerprint density at radius 1 is 1.35 bits per heavy atom. The van der Waals surface area contributed by atoms with E-state index >= 15 is 0 Å². The second kappa shape index (κ2) is 6.49. The van der Waals surface area contributed by atoms with Gasteiger partial charge in [0.15, 0.2) is 5.60 Å². The first-order valence-corrected chi connectivity index (χ1v) is 7.38. The number of methoxy groups -OCH3 is 1. The summed E-state index contributed by atoms with van der Waals surface area (Å²) in [6.45, 7) is 1.74. The second-order valence-corrected chi connectivity index (χ2v) is 5.90. The molecule has 0 aromatic heterocycles. The standard InChI is InChI=1S/C16H20F3NO3/c1-15(22,16(17,18)19)12-7-5-11(6-8-12)14(21)20-9-3-4-13(20)10-23-2/h5-8,13,22H,3-4,9-10H2,1-2H3. The predicted octanol–water partition coefficient (Wildman–Crippen LogP) is 2.71. The maximum atomic E-state index is 12.8. The van der Waals surface area contributed by atoms with E-state index in [2.05, 4.69) is 0 Å². The molecular formula is C16H20F3NO3. The first kappa shape index (κ1) is 17.7. The van der Waals surface area contributed by atoms with E-state index in [1.54, 1.807) is 12.0 Å².